The van der Waals surface area contributed by atoms with E-state index < -0.39 is 0 Å². The number of thioether (sulfide) groups is 1. The van der Waals surface area contributed by atoms with Crippen LogP contribution < -0.4 is 5.32 Å². The van der Waals surface area contributed by atoms with Gasteiger partial charge >= 0.3 is 0 Å². The number of hydrogen-bond acceptors (Lipinski definition) is 5. The molecule has 0 fully saturated rings. The van der Waals surface area contributed by atoms with Crippen molar-refractivity contribution in [2.75, 3.05) is 11.1 Å². The molecule has 2 aromatic heterocycles. The lowest BCUT2D eigenvalue weighted by atomic mass is 10.1. The fourth-order valence-electron chi connectivity index (χ4n) is 3.08. The molecule has 1 N–H and O–H groups in total. The summed E-state index contributed by atoms with van der Waals surface area (Å²) in [4.78, 5) is 16.6. The maximum absolute atomic E-state index is 12.5. The Balaban J connectivity index is 1.50. The summed E-state index contributed by atoms with van der Waals surface area (Å²) in [6, 6.07) is 21.7. The lowest BCUT2D eigenvalue weighted by Crippen LogP contribution is -2.15. The van der Waals surface area contributed by atoms with Crippen LogP contribution in [-0.2, 0) is 17.8 Å². The van der Waals surface area contributed by atoms with E-state index in [2.05, 4.69) is 53.1 Å². The molecule has 6 nitrogen and oxygen atoms in total. The Hall–Kier alpha value is -2.97. The summed E-state index contributed by atoms with van der Waals surface area (Å²) in [5.41, 5.74) is 2.93. The van der Waals surface area contributed by atoms with E-state index in [0.717, 1.165) is 28.0 Å². The summed E-state index contributed by atoms with van der Waals surface area (Å²) in [5, 5.41) is 12.4. The zero-order valence-electron chi connectivity index (χ0n) is 16.6. The number of aryl methyl sites for hydroxylation is 1. The first kappa shape index (κ1) is 21.3. The summed E-state index contributed by atoms with van der Waals surface area (Å²) in [5.74, 6) is 0.910. The van der Waals surface area contributed by atoms with Crippen molar-refractivity contribution < 1.29 is 4.79 Å². The third-order valence-electron chi connectivity index (χ3n) is 4.60. The molecule has 0 spiro atoms. The number of amides is 1. The van der Waals surface area contributed by atoms with Crippen LogP contribution >= 0.6 is 27.7 Å². The second kappa shape index (κ2) is 10.4. The molecule has 31 heavy (non-hydrogen) atoms. The first-order chi connectivity index (χ1) is 15.2. The van der Waals surface area contributed by atoms with Gasteiger partial charge in [0, 0.05) is 29.0 Å². The molecule has 2 aromatic carbocycles. The topological polar surface area (TPSA) is 72.7 Å². The SMILES string of the molecule is O=C(CSc1nnc(-c2ccncc2)n1CCc1ccccc1)Nc1ccccc1Br. The predicted octanol–water partition coefficient (Wildman–Crippen LogP) is 5.08. The fraction of sp³-hybridized carbons (Fsp3) is 0.130. The highest BCUT2D eigenvalue weighted by Crippen LogP contribution is 2.25. The summed E-state index contributed by atoms with van der Waals surface area (Å²) in [6.07, 6.45) is 4.32. The van der Waals surface area contributed by atoms with Crippen molar-refractivity contribution in [2.24, 2.45) is 0 Å². The minimum atomic E-state index is -0.0972. The molecule has 4 rings (SSSR count). The van der Waals surface area contributed by atoms with Gasteiger partial charge in [0.05, 0.1) is 11.4 Å². The van der Waals surface area contributed by atoms with E-state index in [1.807, 2.05) is 54.6 Å². The molecule has 0 unspecified atom stereocenters. The van der Waals surface area contributed by atoms with Gasteiger partial charge in [-0.1, -0.05) is 54.2 Å². The smallest absolute Gasteiger partial charge is 0.234 e. The molecule has 0 aliphatic carbocycles. The number of carbonyl (C=O) groups excluding carboxylic acids is 1. The number of aromatic nitrogens is 4. The Morgan fingerprint density at radius 1 is 0.968 bits per heavy atom. The molecule has 4 aromatic rings. The number of pyridine rings is 1. The molecule has 0 atom stereocenters. The number of para-hydroxylation sites is 1. The first-order valence-corrected chi connectivity index (χ1v) is 11.5. The van der Waals surface area contributed by atoms with Crippen molar-refractivity contribution in [3.8, 4) is 11.4 Å². The molecule has 8 heteroatoms. The van der Waals surface area contributed by atoms with Gasteiger partial charge in [-0.25, -0.2) is 0 Å². The van der Waals surface area contributed by atoms with Gasteiger partial charge in [-0.15, -0.1) is 10.2 Å². The summed E-state index contributed by atoms with van der Waals surface area (Å²) >= 11 is 4.83. The second-order valence-electron chi connectivity index (χ2n) is 6.75. The van der Waals surface area contributed by atoms with Crippen molar-refractivity contribution in [3.05, 3.63) is 89.2 Å². The number of hydrogen-bond donors (Lipinski definition) is 1. The number of nitrogens with one attached hydrogen (secondary N) is 1. The van der Waals surface area contributed by atoms with Crippen LogP contribution in [0.25, 0.3) is 11.4 Å². The average molecular weight is 494 g/mol. The van der Waals surface area contributed by atoms with E-state index in [9.17, 15) is 4.79 Å². The molecule has 2 heterocycles. The van der Waals surface area contributed by atoms with E-state index >= 15 is 0 Å². The molecular weight excluding hydrogens is 474 g/mol. The molecule has 156 valence electrons. The highest BCUT2D eigenvalue weighted by atomic mass is 79.9. The zero-order chi connectivity index (χ0) is 21.5. The zero-order valence-corrected chi connectivity index (χ0v) is 19.0. The number of halogens is 1. The normalized spacial score (nSPS) is 10.7. The Morgan fingerprint density at radius 3 is 2.48 bits per heavy atom. The van der Waals surface area contributed by atoms with Gasteiger partial charge in [-0.05, 0) is 52.2 Å². The van der Waals surface area contributed by atoms with Gasteiger partial charge in [-0.2, -0.15) is 0 Å². The van der Waals surface area contributed by atoms with Crippen LogP contribution in [0.1, 0.15) is 5.56 Å². The minimum absolute atomic E-state index is 0.0972. The van der Waals surface area contributed by atoms with Crippen LogP contribution in [0.3, 0.4) is 0 Å². The van der Waals surface area contributed by atoms with Crippen molar-refractivity contribution in [1.82, 2.24) is 19.7 Å². The Kier molecular flexibility index (Phi) is 7.11. The highest BCUT2D eigenvalue weighted by Gasteiger charge is 2.16. The molecule has 0 radical (unpaired) electrons. The van der Waals surface area contributed by atoms with E-state index in [1.54, 1.807) is 12.4 Å². The van der Waals surface area contributed by atoms with E-state index in [-0.39, 0.29) is 11.7 Å². The van der Waals surface area contributed by atoms with Crippen LogP contribution in [0.2, 0.25) is 0 Å². The number of nitrogens with zero attached hydrogens (tertiary/aromatic N) is 4. The third kappa shape index (κ3) is 5.59. The number of rotatable bonds is 8. The fourth-order valence-corrected chi connectivity index (χ4v) is 4.22. The standard InChI is InChI=1S/C23H20BrN5OS/c24-19-8-4-5-9-20(19)26-21(30)16-31-23-28-27-22(18-10-13-25-14-11-18)29(23)15-12-17-6-2-1-3-7-17/h1-11,13-14H,12,15-16H2,(H,26,30). The van der Waals surface area contributed by atoms with Crippen molar-refractivity contribution >= 4 is 39.3 Å². The Labute approximate surface area is 193 Å². The lowest BCUT2D eigenvalue weighted by molar-refractivity contribution is -0.113. The van der Waals surface area contributed by atoms with Crippen molar-refractivity contribution in [3.63, 3.8) is 0 Å². The Morgan fingerprint density at radius 2 is 1.71 bits per heavy atom. The minimum Gasteiger partial charge on any atom is -0.324 e. The van der Waals surface area contributed by atoms with Gasteiger partial charge in [0.15, 0.2) is 11.0 Å². The van der Waals surface area contributed by atoms with Gasteiger partial charge in [0.25, 0.3) is 0 Å². The third-order valence-corrected chi connectivity index (χ3v) is 6.26. The molecule has 1 amide bonds. The highest BCUT2D eigenvalue weighted by molar-refractivity contribution is 9.10. The van der Waals surface area contributed by atoms with Crippen molar-refractivity contribution in [2.45, 2.75) is 18.1 Å². The van der Waals surface area contributed by atoms with E-state index in [0.29, 0.717) is 11.7 Å². The summed E-state index contributed by atoms with van der Waals surface area (Å²) in [7, 11) is 0. The molecule has 0 saturated carbocycles. The number of carbonyl (C=O) groups is 1. The number of benzene rings is 2. The molecule has 0 saturated heterocycles. The largest absolute Gasteiger partial charge is 0.324 e. The monoisotopic (exact) mass is 493 g/mol. The van der Waals surface area contributed by atoms with E-state index in [4.69, 9.17) is 0 Å². The van der Waals surface area contributed by atoms with Crippen LogP contribution in [0.4, 0.5) is 5.69 Å². The molecule has 0 bridgehead atoms. The maximum Gasteiger partial charge on any atom is 0.234 e. The summed E-state index contributed by atoms with van der Waals surface area (Å²) in [6.45, 7) is 0.711. The van der Waals surface area contributed by atoms with Crippen molar-refractivity contribution in [1.29, 1.82) is 0 Å². The molecule has 0 aliphatic heterocycles. The molecular formula is C23H20BrN5OS. The maximum atomic E-state index is 12.5. The quantitative estimate of drug-likeness (QED) is 0.346. The molecule has 0 aliphatic rings. The van der Waals surface area contributed by atoms with Gasteiger partial charge < -0.3 is 9.88 Å². The first-order valence-electron chi connectivity index (χ1n) is 9.75. The Bertz CT molecular complexity index is 1150. The predicted molar refractivity (Wildman–Crippen MR) is 127 cm³/mol. The number of anilines is 1. The van der Waals surface area contributed by atoms with Crippen LogP contribution in [0.15, 0.2) is 88.8 Å². The van der Waals surface area contributed by atoms with Crippen LogP contribution in [-0.4, -0.2) is 31.4 Å². The van der Waals surface area contributed by atoms with Gasteiger partial charge in [0.1, 0.15) is 0 Å². The second-order valence-corrected chi connectivity index (χ2v) is 8.54. The van der Waals surface area contributed by atoms with Gasteiger partial charge in [0.2, 0.25) is 5.91 Å². The van der Waals surface area contributed by atoms with Gasteiger partial charge in [-0.3, -0.25) is 9.78 Å². The van der Waals surface area contributed by atoms with E-state index in [1.165, 1.54) is 17.3 Å². The average Bonchev–Trinajstić information content (AvgIpc) is 3.22. The van der Waals surface area contributed by atoms with Crippen LogP contribution in [0.5, 0.6) is 0 Å². The summed E-state index contributed by atoms with van der Waals surface area (Å²) < 4.78 is 2.91. The lowest BCUT2D eigenvalue weighted by Gasteiger charge is -2.11. The van der Waals surface area contributed by atoms with Crippen LogP contribution in [0, 0.1) is 0 Å².